The number of hydrogen-bond acceptors (Lipinski definition) is 3. The van der Waals surface area contributed by atoms with E-state index in [-0.39, 0.29) is 5.91 Å². The zero-order chi connectivity index (χ0) is 10.7. The molecule has 0 bridgehead atoms. The molecular formula is C11H16N2OS. The third kappa shape index (κ3) is 2.56. The van der Waals surface area contributed by atoms with Crippen LogP contribution in [0.4, 0.5) is 0 Å². The summed E-state index contributed by atoms with van der Waals surface area (Å²) in [6.45, 7) is 2.21. The lowest BCUT2D eigenvalue weighted by molar-refractivity contribution is 0.0906. The van der Waals surface area contributed by atoms with Gasteiger partial charge >= 0.3 is 0 Å². The number of rotatable bonds is 2. The van der Waals surface area contributed by atoms with Crippen molar-refractivity contribution in [3.05, 3.63) is 16.6 Å². The minimum Gasteiger partial charge on any atom is -0.348 e. The molecule has 1 amide bonds. The average Bonchev–Trinajstić information content (AvgIpc) is 2.74. The Morgan fingerprint density at radius 1 is 1.53 bits per heavy atom. The lowest BCUT2D eigenvalue weighted by Gasteiger charge is -2.29. The Morgan fingerprint density at radius 3 is 3.00 bits per heavy atom. The predicted molar refractivity (Wildman–Crippen MR) is 61.0 cm³/mol. The van der Waals surface area contributed by atoms with Gasteiger partial charge in [-0.1, -0.05) is 19.8 Å². The van der Waals surface area contributed by atoms with Crippen molar-refractivity contribution in [1.29, 1.82) is 0 Å². The highest BCUT2D eigenvalue weighted by Crippen LogP contribution is 2.23. The van der Waals surface area contributed by atoms with Crippen LogP contribution in [-0.4, -0.2) is 16.9 Å². The first-order valence-corrected chi connectivity index (χ1v) is 6.40. The molecule has 4 heteroatoms. The Hall–Kier alpha value is -0.900. The van der Waals surface area contributed by atoms with Crippen LogP contribution in [0.5, 0.6) is 0 Å². The number of carbonyl (C=O) groups is 1. The summed E-state index contributed by atoms with van der Waals surface area (Å²) in [5.74, 6) is 0.580. The molecule has 0 spiro atoms. The van der Waals surface area contributed by atoms with Gasteiger partial charge in [0, 0.05) is 11.4 Å². The number of nitrogens with zero attached hydrogens (tertiary/aromatic N) is 1. The summed E-state index contributed by atoms with van der Waals surface area (Å²) in [7, 11) is 0. The monoisotopic (exact) mass is 224 g/mol. The topological polar surface area (TPSA) is 42.0 Å². The zero-order valence-electron chi connectivity index (χ0n) is 8.90. The number of nitrogens with one attached hydrogen (secondary N) is 1. The second kappa shape index (κ2) is 4.75. The molecular weight excluding hydrogens is 208 g/mol. The van der Waals surface area contributed by atoms with Gasteiger partial charge in [0.1, 0.15) is 5.69 Å². The van der Waals surface area contributed by atoms with Crippen molar-refractivity contribution >= 4 is 17.2 Å². The molecule has 2 unspecified atom stereocenters. The molecule has 1 aliphatic rings. The molecule has 15 heavy (non-hydrogen) atoms. The van der Waals surface area contributed by atoms with E-state index in [1.165, 1.54) is 30.6 Å². The van der Waals surface area contributed by atoms with E-state index in [1.54, 1.807) is 10.9 Å². The standard InChI is InChI=1S/C11H16N2OS/c1-8-4-2-3-5-9(8)13-11(14)10-6-15-7-12-10/h6-9H,2-5H2,1H3,(H,13,14). The van der Waals surface area contributed by atoms with E-state index in [0.717, 1.165) is 6.42 Å². The molecule has 82 valence electrons. The largest absolute Gasteiger partial charge is 0.348 e. The predicted octanol–water partition coefficient (Wildman–Crippen LogP) is 2.45. The first kappa shape index (κ1) is 10.6. The molecule has 2 rings (SSSR count). The van der Waals surface area contributed by atoms with E-state index in [2.05, 4.69) is 17.2 Å². The van der Waals surface area contributed by atoms with Crippen molar-refractivity contribution in [3.8, 4) is 0 Å². The van der Waals surface area contributed by atoms with Gasteiger partial charge < -0.3 is 5.32 Å². The van der Waals surface area contributed by atoms with E-state index in [1.807, 2.05) is 0 Å². The van der Waals surface area contributed by atoms with Crippen LogP contribution in [0, 0.1) is 5.92 Å². The van der Waals surface area contributed by atoms with Crippen molar-refractivity contribution in [2.75, 3.05) is 0 Å². The first-order chi connectivity index (χ1) is 7.27. The molecule has 0 aliphatic heterocycles. The Labute approximate surface area is 93.9 Å². The average molecular weight is 224 g/mol. The third-order valence-electron chi connectivity index (χ3n) is 3.09. The Morgan fingerprint density at radius 2 is 2.33 bits per heavy atom. The highest BCUT2D eigenvalue weighted by molar-refractivity contribution is 7.07. The molecule has 1 aromatic rings. The van der Waals surface area contributed by atoms with Crippen LogP contribution < -0.4 is 5.32 Å². The third-order valence-corrected chi connectivity index (χ3v) is 3.68. The molecule has 1 aliphatic carbocycles. The molecule has 1 fully saturated rings. The van der Waals surface area contributed by atoms with E-state index >= 15 is 0 Å². The maximum absolute atomic E-state index is 11.8. The van der Waals surface area contributed by atoms with Gasteiger partial charge in [-0.05, 0) is 18.8 Å². The van der Waals surface area contributed by atoms with Crippen LogP contribution >= 0.6 is 11.3 Å². The van der Waals surface area contributed by atoms with Crippen LogP contribution in [0.15, 0.2) is 10.9 Å². The molecule has 1 aromatic heterocycles. The van der Waals surface area contributed by atoms with Crippen LogP contribution in [0.3, 0.4) is 0 Å². The van der Waals surface area contributed by atoms with E-state index in [9.17, 15) is 4.79 Å². The molecule has 0 radical (unpaired) electrons. The summed E-state index contributed by atoms with van der Waals surface area (Å²) in [5, 5.41) is 4.87. The number of carbonyl (C=O) groups excluding carboxylic acids is 1. The normalized spacial score (nSPS) is 26.2. The summed E-state index contributed by atoms with van der Waals surface area (Å²) in [6, 6.07) is 0.341. The maximum Gasteiger partial charge on any atom is 0.270 e. The van der Waals surface area contributed by atoms with Gasteiger partial charge in [-0.3, -0.25) is 4.79 Å². The number of amides is 1. The molecule has 1 saturated carbocycles. The first-order valence-electron chi connectivity index (χ1n) is 5.46. The molecule has 0 saturated heterocycles. The second-order valence-corrected chi connectivity index (χ2v) is 4.93. The van der Waals surface area contributed by atoms with Crippen molar-refractivity contribution in [3.63, 3.8) is 0 Å². The number of hydrogen-bond donors (Lipinski definition) is 1. The van der Waals surface area contributed by atoms with Gasteiger partial charge in [-0.25, -0.2) is 4.98 Å². The molecule has 0 aromatic carbocycles. The fraction of sp³-hybridized carbons (Fsp3) is 0.636. The lowest BCUT2D eigenvalue weighted by atomic mass is 9.86. The van der Waals surface area contributed by atoms with E-state index < -0.39 is 0 Å². The highest BCUT2D eigenvalue weighted by atomic mass is 32.1. The van der Waals surface area contributed by atoms with E-state index in [4.69, 9.17) is 0 Å². The van der Waals surface area contributed by atoms with Crippen molar-refractivity contribution in [1.82, 2.24) is 10.3 Å². The molecule has 1 heterocycles. The summed E-state index contributed by atoms with van der Waals surface area (Å²) in [6.07, 6.45) is 4.86. The Balaban J connectivity index is 1.93. The van der Waals surface area contributed by atoms with Crippen molar-refractivity contribution in [2.24, 2.45) is 5.92 Å². The summed E-state index contributed by atoms with van der Waals surface area (Å²) < 4.78 is 0. The number of aromatic nitrogens is 1. The van der Waals surface area contributed by atoms with Gasteiger partial charge in [0.25, 0.3) is 5.91 Å². The second-order valence-electron chi connectivity index (χ2n) is 4.22. The maximum atomic E-state index is 11.8. The summed E-state index contributed by atoms with van der Waals surface area (Å²) in [4.78, 5) is 15.8. The van der Waals surface area contributed by atoms with Gasteiger partial charge in [0.2, 0.25) is 0 Å². The molecule has 1 N–H and O–H groups in total. The van der Waals surface area contributed by atoms with Crippen LogP contribution in [-0.2, 0) is 0 Å². The highest BCUT2D eigenvalue weighted by Gasteiger charge is 2.23. The molecule has 2 atom stereocenters. The minimum absolute atomic E-state index is 0.0185. The van der Waals surface area contributed by atoms with Crippen LogP contribution in [0.2, 0.25) is 0 Å². The van der Waals surface area contributed by atoms with Gasteiger partial charge in [0.05, 0.1) is 5.51 Å². The Kier molecular flexibility index (Phi) is 3.36. The molecule has 3 nitrogen and oxygen atoms in total. The number of thiazole rings is 1. The van der Waals surface area contributed by atoms with E-state index in [0.29, 0.717) is 17.7 Å². The van der Waals surface area contributed by atoms with Gasteiger partial charge in [0.15, 0.2) is 0 Å². The van der Waals surface area contributed by atoms with Crippen LogP contribution in [0.1, 0.15) is 43.1 Å². The summed E-state index contributed by atoms with van der Waals surface area (Å²) >= 11 is 1.46. The fourth-order valence-electron chi connectivity index (χ4n) is 2.10. The van der Waals surface area contributed by atoms with Gasteiger partial charge in [-0.2, -0.15) is 0 Å². The minimum atomic E-state index is -0.0185. The summed E-state index contributed by atoms with van der Waals surface area (Å²) in [5.41, 5.74) is 2.25. The quantitative estimate of drug-likeness (QED) is 0.838. The van der Waals surface area contributed by atoms with Gasteiger partial charge in [-0.15, -0.1) is 11.3 Å². The Bertz CT molecular complexity index is 323. The smallest absolute Gasteiger partial charge is 0.270 e. The lowest BCUT2D eigenvalue weighted by Crippen LogP contribution is -2.41. The SMILES string of the molecule is CC1CCCCC1NC(=O)c1cscn1. The fourth-order valence-corrected chi connectivity index (χ4v) is 2.63. The van der Waals surface area contributed by atoms with Crippen molar-refractivity contribution < 1.29 is 4.79 Å². The van der Waals surface area contributed by atoms with Crippen molar-refractivity contribution in [2.45, 2.75) is 38.6 Å². The zero-order valence-corrected chi connectivity index (χ0v) is 9.72. The van der Waals surface area contributed by atoms with Crippen LogP contribution in [0.25, 0.3) is 0 Å².